The molecule has 4 rings (SSSR count). The quantitative estimate of drug-likeness (QED) is 0.401. The maximum Gasteiger partial charge on any atom is 0.194 e. The third kappa shape index (κ3) is 4.31. The third-order valence-electron chi connectivity index (χ3n) is 5.70. The molecule has 1 spiro atoms. The van der Waals surface area contributed by atoms with Crippen LogP contribution in [0.4, 0.5) is 0 Å². The number of aromatic nitrogens is 3. The lowest BCUT2D eigenvalue weighted by atomic mass is 9.87. The second kappa shape index (κ2) is 9.12. The van der Waals surface area contributed by atoms with Crippen LogP contribution >= 0.6 is 35.7 Å². The average Bonchev–Trinajstić information content (AvgIpc) is 3.23. The zero-order valence-corrected chi connectivity index (χ0v) is 18.9. The van der Waals surface area contributed by atoms with Crippen molar-refractivity contribution in [3.05, 3.63) is 11.6 Å². The molecular formula is C18H31IN6S. The van der Waals surface area contributed by atoms with E-state index in [0.717, 1.165) is 50.2 Å². The minimum atomic E-state index is 0. The number of aryl methyl sites for hydroxylation is 1. The van der Waals surface area contributed by atoms with E-state index < -0.39 is 0 Å². The van der Waals surface area contributed by atoms with Crippen LogP contribution in [0.15, 0.2) is 4.99 Å². The van der Waals surface area contributed by atoms with Gasteiger partial charge in [0.1, 0.15) is 12.4 Å². The van der Waals surface area contributed by atoms with Crippen molar-refractivity contribution < 1.29 is 0 Å². The molecule has 1 aromatic heterocycles. The molecule has 0 unspecified atom stereocenters. The summed E-state index contributed by atoms with van der Waals surface area (Å²) in [5, 5.41) is 12.2. The summed E-state index contributed by atoms with van der Waals surface area (Å²) in [5.74, 6) is 4.42. The van der Waals surface area contributed by atoms with Crippen molar-refractivity contribution in [2.75, 3.05) is 25.4 Å². The molecule has 1 saturated carbocycles. The largest absolute Gasteiger partial charge is 0.357 e. The van der Waals surface area contributed by atoms with Gasteiger partial charge in [-0.05, 0) is 26.2 Å². The van der Waals surface area contributed by atoms with Crippen LogP contribution in [0.1, 0.15) is 57.1 Å². The highest BCUT2D eigenvalue weighted by atomic mass is 127. The molecule has 26 heavy (non-hydrogen) atoms. The fourth-order valence-corrected chi connectivity index (χ4v) is 5.99. The summed E-state index contributed by atoms with van der Waals surface area (Å²) in [6.07, 6.45) is 9.17. The molecule has 0 amide bonds. The highest BCUT2D eigenvalue weighted by Gasteiger charge is 2.38. The Morgan fingerprint density at radius 1 is 1.19 bits per heavy atom. The molecule has 146 valence electrons. The van der Waals surface area contributed by atoms with Crippen molar-refractivity contribution in [2.45, 2.75) is 69.7 Å². The van der Waals surface area contributed by atoms with E-state index in [1.165, 1.54) is 44.3 Å². The maximum absolute atomic E-state index is 4.93. The van der Waals surface area contributed by atoms with Gasteiger partial charge in [-0.3, -0.25) is 0 Å². The highest BCUT2D eigenvalue weighted by Crippen LogP contribution is 2.42. The standard InChI is InChI=1S/C18H30N6S.HI/c1-2-19-17(20-13-16-22-21-15-7-6-10-24(15)16)23-11-12-25-18(14-23)8-4-3-5-9-18;/h2-14H2,1H3,(H,19,20);1H. The molecule has 0 aromatic carbocycles. The fourth-order valence-electron chi connectivity index (χ4n) is 4.42. The zero-order valence-electron chi connectivity index (χ0n) is 15.7. The molecule has 2 fully saturated rings. The number of rotatable bonds is 3. The first-order chi connectivity index (χ1) is 12.3. The van der Waals surface area contributed by atoms with Gasteiger partial charge in [-0.1, -0.05) is 19.3 Å². The molecular weight excluding hydrogens is 459 g/mol. The molecule has 8 heteroatoms. The summed E-state index contributed by atoms with van der Waals surface area (Å²) in [6, 6.07) is 0. The number of fused-ring (bicyclic) bond motifs is 1. The van der Waals surface area contributed by atoms with Gasteiger partial charge in [-0.2, -0.15) is 11.8 Å². The summed E-state index contributed by atoms with van der Waals surface area (Å²) in [7, 11) is 0. The van der Waals surface area contributed by atoms with Gasteiger partial charge in [0, 0.05) is 43.1 Å². The van der Waals surface area contributed by atoms with Crippen molar-refractivity contribution in [2.24, 2.45) is 4.99 Å². The van der Waals surface area contributed by atoms with Gasteiger partial charge in [0.25, 0.3) is 0 Å². The summed E-state index contributed by atoms with van der Waals surface area (Å²) in [5.41, 5.74) is 0. The molecule has 3 heterocycles. The predicted octanol–water partition coefficient (Wildman–Crippen LogP) is 3.06. The first-order valence-corrected chi connectivity index (χ1v) is 10.9. The second-order valence-corrected chi connectivity index (χ2v) is 9.03. The first kappa shape index (κ1) is 20.2. The number of halogens is 1. The molecule has 1 N–H and O–H groups in total. The van der Waals surface area contributed by atoms with Crippen molar-refractivity contribution in [1.29, 1.82) is 0 Å². The van der Waals surface area contributed by atoms with Crippen LogP contribution < -0.4 is 5.32 Å². The van der Waals surface area contributed by atoms with Gasteiger partial charge < -0.3 is 14.8 Å². The van der Waals surface area contributed by atoms with Crippen LogP contribution in [0, 0.1) is 0 Å². The number of nitrogens with zero attached hydrogens (tertiary/aromatic N) is 5. The number of aliphatic imine (C=N–C) groups is 1. The SMILES string of the molecule is CCNC(=NCc1nnc2n1CCC2)N1CCSC2(CCCCC2)C1.I. The topological polar surface area (TPSA) is 58.3 Å². The van der Waals surface area contributed by atoms with Gasteiger partial charge in [0.05, 0.1) is 0 Å². The smallest absolute Gasteiger partial charge is 0.194 e. The Bertz CT molecular complexity index is 620. The van der Waals surface area contributed by atoms with Crippen LogP contribution in [0.2, 0.25) is 0 Å². The number of nitrogens with one attached hydrogen (secondary N) is 1. The fraction of sp³-hybridized carbons (Fsp3) is 0.833. The van der Waals surface area contributed by atoms with Gasteiger partial charge in [0.15, 0.2) is 11.8 Å². The molecule has 0 atom stereocenters. The summed E-state index contributed by atoms with van der Waals surface area (Å²) >= 11 is 2.21. The Hall–Kier alpha value is -0.510. The molecule has 0 radical (unpaired) electrons. The van der Waals surface area contributed by atoms with Crippen molar-refractivity contribution in [3.8, 4) is 0 Å². The van der Waals surface area contributed by atoms with Crippen molar-refractivity contribution in [1.82, 2.24) is 25.0 Å². The maximum atomic E-state index is 4.93. The number of hydrogen-bond acceptors (Lipinski definition) is 4. The van der Waals surface area contributed by atoms with Crippen molar-refractivity contribution >= 4 is 41.7 Å². The van der Waals surface area contributed by atoms with Gasteiger partial charge in [-0.15, -0.1) is 34.2 Å². The molecule has 2 aliphatic heterocycles. The lowest BCUT2D eigenvalue weighted by Gasteiger charge is -2.45. The summed E-state index contributed by atoms with van der Waals surface area (Å²) in [4.78, 5) is 7.43. The second-order valence-electron chi connectivity index (χ2n) is 7.47. The Kier molecular flexibility index (Phi) is 7.10. The minimum absolute atomic E-state index is 0. The Labute approximate surface area is 178 Å². The lowest BCUT2D eigenvalue weighted by molar-refractivity contribution is 0.293. The lowest BCUT2D eigenvalue weighted by Crippen LogP contribution is -2.53. The van der Waals surface area contributed by atoms with Gasteiger partial charge in [0.2, 0.25) is 0 Å². The van der Waals surface area contributed by atoms with E-state index >= 15 is 0 Å². The molecule has 3 aliphatic rings. The Morgan fingerprint density at radius 2 is 2.04 bits per heavy atom. The van der Waals surface area contributed by atoms with Crippen LogP contribution in [0.5, 0.6) is 0 Å². The van der Waals surface area contributed by atoms with E-state index in [2.05, 4.69) is 43.7 Å². The number of hydrogen-bond donors (Lipinski definition) is 1. The Balaban J connectivity index is 0.00000196. The molecule has 1 saturated heterocycles. The zero-order chi connectivity index (χ0) is 17.1. The average molecular weight is 490 g/mol. The first-order valence-electron chi connectivity index (χ1n) is 9.88. The van der Waals surface area contributed by atoms with E-state index in [0.29, 0.717) is 11.3 Å². The van der Waals surface area contributed by atoms with Crippen LogP contribution in [0.3, 0.4) is 0 Å². The third-order valence-corrected chi connectivity index (χ3v) is 7.24. The minimum Gasteiger partial charge on any atom is -0.357 e. The normalized spacial score (nSPS) is 22.2. The molecule has 1 aromatic rings. The van der Waals surface area contributed by atoms with E-state index in [-0.39, 0.29) is 24.0 Å². The van der Waals surface area contributed by atoms with E-state index in [4.69, 9.17) is 4.99 Å². The molecule has 0 bridgehead atoms. The molecule has 1 aliphatic carbocycles. The predicted molar refractivity (Wildman–Crippen MR) is 118 cm³/mol. The van der Waals surface area contributed by atoms with Crippen molar-refractivity contribution in [3.63, 3.8) is 0 Å². The van der Waals surface area contributed by atoms with Crippen LogP contribution in [-0.2, 0) is 19.5 Å². The molecule has 6 nitrogen and oxygen atoms in total. The number of guanidine groups is 1. The van der Waals surface area contributed by atoms with Gasteiger partial charge in [-0.25, -0.2) is 4.99 Å². The highest BCUT2D eigenvalue weighted by molar-refractivity contribution is 14.0. The summed E-state index contributed by atoms with van der Waals surface area (Å²) < 4.78 is 2.71. The Morgan fingerprint density at radius 3 is 2.85 bits per heavy atom. The monoisotopic (exact) mass is 490 g/mol. The number of thioether (sulfide) groups is 1. The van der Waals surface area contributed by atoms with E-state index in [1.54, 1.807) is 0 Å². The summed E-state index contributed by atoms with van der Waals surface area (Å²) in [6.45, 7) is 6.98. The van der Waals surface area contributed by atoms with Gasteiger partial charge >= 0.3 is 0 Å². The van der Waals surface area contributed by atoms with Crippen LogP contribution in [0.25, 0.3) is 0 Å². The van der Waals surface area contributed by atoms with Crippen LogP contribution in [-0.4, -0.2) is 55.8 Å². The van der Waals surface area contributed by atoms with E-state index in [9.17, 15) is 0 Å². The van der Waals surface area contributed by atoms with E-state index in [1.807, 2.05) is 0 Å².